The Kier molecular flexibility index (Phi) is 2.65. The molecule has 0 rings (SSSR count). The molecule has 0 aliphatic carbocycles. The number of hydrogen-bond acceptors (Lipinski definition) is 0. The molecular formula is C6H14N+. The third-order valence-electron chi connectivity index (χ3n) is 1.24. The van der Waals surface area contributed by atoms with Crippen LogP contribution in [0.25, 0.3) is 0 Å². The normalized spacial score (nSPS) is 8.57. The summed E-state index contributed by atoms with van der Waals surface area (Å²) in [5, 5.41) is 0. The van der Waals surface area contributed by atoms with Gasteiger partial charge in [-0.25, -0.2) is 4.58 Å². The predicted octanol–water partition coefficient (Wildman–Crippen LogP) is 1.13. The highest BCUT2D eigenvalue weighted by molar-refractivity contribution is 5.73. The Morgan fingerprint density at radius 3 is 1.86 bits per heavy atom. The third kappa shape index (κ3) is 2.38. The Morgan fingerprint density at radius 2 is 1.86 bits per heavy atom. The van der Waals surface area contributed by atoms with Gasteiger partial charge in [-0.05, 0) is 6.92 Å². The summed E-state index contributed by atoms with van der Waals surface area (Å²) >= 11 is 0. The summed E-state index contributed by atoms with van der Waals surface area (Å²) in [4.78, 5) is 0. The molecule has 0 aliphatic rings. The van der Waals surface area contributed by atoms with E-state index in [0.29, 0.717) is 0 Å². The van der Waals surface area contributed by atoms with Crippen molar-refractivity contribution in [2.45, 2.75) is 20.8 Å². The van der Waals surface area contributed by atoms with Crippen molar-refractivity contribution in [1.29, 1.82) is 0 Å². The second-order valence-electron chi connectivity index (χ2n) is 1.96. The number of nitrogens with zero attached hydrogens (tertiary/aromatic N) is 1. The first-order valence-electron chi connectivity index (χ1n) is 2.69. The molecule has 7 heavy (non-hydrogen) atoms. The summed E-state index contributed by atoms with van der Waals surface area (Å²) in [6, 6.07) is 0. The molecule has 0 fully saturated rings. The summed E-state index contributed by atoms with van der Waals surface area (Å²) in [5.41, 5.74) is 1.38. The highest BCUT2D eigenvalue weighted by Crippen LogP contribution is 1.70. The van der Waals surface area contributed by atoms with Gasteiger partial charge in [-0.3, -0.25) is 0 Å². The summed E-state index contributed by atoms with van der Waals surface area (Å²) in [6.45, 7) is 7.49. The Hall–Kier alpha value is -0.330. The standard InChI is InChI=1S/C6H14N/c1-5-7(4)6(2)3/h5H2,1-4H3/q+1. The molecule has 0 aromatic carbocycles. The molecule has 0 saturated heterocycles. The van der Waals surface area contributed by atoms with Crippen LogP contribution in [0.3, 0.4) is 0 Å². The van der Waals surface area contributed by atoms with E-state index >= 15 is 0 Å². The molecule has 0 atom stereocenters. The van der Waals surface area contributed by atoms with Gasteiger partial charge in [0.2, 0.25) is 0 Å². The van der Waals surface area contributed by atoms with Crippen molar-refractivity contribution in [3.8, 4) is 0 Å². The third-order valence-corrected chi connectivity index (χ3v) is 1.24. The molecule has 0 amide bonds. The van der Waals surface area contributed by atoms with Crippen molar-refractivity contribution in [2.75, 3.05) is 13.6 Å². The quantitative estimate of drug-likeness (QED) is 0.343. The van der Waals surface area contributed by atoms with Gasteiger partial charge in [0, 0.05) is 13.8 Å². The molecule has 1 nitrogen and oxygen atoms in total. The fraction of sp³-hybridized carbons (Fsp3) is 0.833. The lowest BCUT2D eigenvalue weighted by Gasteiger charge is -1.90. The van der Waals surface area contributed by atoms with Gasteiger partial charge < -0.3 is 0 Å². The van der Waals surface area contributed by atoms with Crippen molar-refractivity contribution in [3.63, 3.8) is 0 Å². The molecule has 0 bridgehead atoms. The summed E-state index contributed by atoms with van der Waals surface area (Å²) in [5.74, 6) is 0. The van der Waals surface area contributed by atoms with Crippen molar-refractivity contribution < 1.29 is 4.58 Å². The largest absolute Gasteiger partial charge is 0.240 e. The lowest BCUT2D eigenvalue weighted by Crippen LogP contribution is -2.10. The molecule has 0 heterocycles. The molecule has 42 valence electrons. The SMILES string of the molecule is CC[N+](C)=C(C)C. The molecule has 0 aromatic heterocycles. The van der Waals surface area contributed by atoms with E-state index in [1.54, 1.807) is 0 Å². The second kappa shape index (κ2) is 2.78. The highest BCUT2D eigenvalue weighted by Gasteiger charge is 1.89. The van der Waals surface area contributed by atoms with Crippen LogP contribution in [0, 0.1) is 0 Å². The Balaban J connectivity index is 3.72. The predicted molar refractivity (Wildman–Crippen MR) is 33.1 cm³/mol. The van der Waals surface area contributed by atoms with Crippen LogP contribution in [0.4, 0.5) is 0 Å². The maximum atomic E-state index is 2.21. The lowest BCUT2D eigenvalue weighted by atomic mass is 10.5. The average molecular weight is 100 g/mol. The number of hydrogen-bond donors (Lipinski definition) is 0. The molecule has 0 radical (unpaired) electrons. The van der Waals surface area contributed by atoms with E-state index in [4.69, 9.17) is 0 Å². The van der Waals surface area contributed by atoms with Crippen molar-refractivity contribution in [2.24, 2.45) is 0 Å². The fourth-order valence-corrected chi connectivity index (χ4v) is 0.316. The minimum Gasteiger partial charge on any atom is -0.240 e. The molecule has 0 N–H and O–H groups in total. The molecule has 1 heteroatoms. The zero-order valence-corrected chi connectivity index (χ0v) is 5.65. The van der Waals surface area contributed by atoms with Crippen molar-refractivity contribution in [3.05, 3.63) is 0 Å². The van der Waals surface area contributed by atoms with Crippen LogP contribution >= 0.6 is 0 Å². The van der Waals surface area contributed by atoms with Gasteiger partial charge in [0.15, 0.2) is 0 Å². The molecule has 0 unspecified atom stereocenters. The van der Waals surface area contributed by atoms with Gasteiger partial charge in [0.05, 0.1) is 0 Å². The van der Waals surface area contributed by atoms with Crippen LogP contribution < -0.4 is 0 Å². The first kappa shape index (κ1) is 6.67. The van der Waals surface area contributed by atoms with Crippen LogP contribution in [0.5, 0.6) is 0 Å². The number of rotatable bonds is 1. The minimum atomic E-state index is 1.11. The van der Waals surface area contributed by atoms with Gasteiger partial charge in [0.1, 0.15) is 19.3 Å². The molecule has 0 aliphatic heterocycles. The Labute approximate surface area is 45.7 Å². The first-order chi connectivity index (χ1) is 3.18. The highest BCUT2D eigenvalue weighted by atomic mass is 15.0. The van der Waals surface area contributed by atoms with E-state index < -0.39 is 0 Å². The van der Waals surface area contributed by atoms with Gasteiger partial charge in [-0.2, -0.15) is 0 Å². The fourth-order valence-electron chi connectivity index (χ4n) is 0.316. The van der Waals surface area contributed by atoms with Crippen LogP contribution in [-0.4, -0.2) is 23.9 Å². The van der Waals surface area contributed by atoms with Gasteiger partial charge in [0.25, 0.3) is 0 Å². The minimum absolute atomic E-state index is 1.11. The summed E-state index contributed by atoms with van der Waals surface area (Å²) in [7, 11) is 2.09. The molecule has 0 saturated carbocycles. The maximum Gasteiger partial charge on any atom is 0.145 e. The van der Waals surface area contributed by atoms with E-state index in [2.05, 4.69) is 32.4 Å². The van der Waals surface area contributed by atoms with E-state index in [0.717, 1.165) is 6.54 Å². The van der Waals surface area contributed by atoms with Crippen LogP contribution in [0.2, 0.25) is 0 Å². The molecule has 0 aromatic rings. The lowest BCUT2D eigenvalue weighted by molar-refractivity contribution is -0.494. The van der Waals surface area contributed by atoms with Crippen LogP contribution in [-0.2, 0) is 0 Å². The van der Waals surface area contributed by atoms with E-state index in [9.17, 15) is 0 Å². The Bertz CT molecular complexity index is 78.2. The molecule has 0 spiro atoms. The van der Waals surface area contributed by atoms with E-state index in [1.807, 2.05) is 0 Å². The van der Waals surface area contributed by atoms with E-state index in [1.165, 1.54) is 5.71 Å². The summed E-state index contributed by atoms with van der Waals surface area (Å²) < 4.78 is 2.21. The molecular weight excluding hydrogens is 86.1 g/mol. The van der Waals surface area contributed by atoms with E-state index in [-0.39, 0.29) is 0 Å². The first-order valence-corrected chi connectivity index (χ1v) is 2.69. The zero-order chi connectivity index (χ0) is 5.86. The van der Waals surface area contributed by atoms with Crippen LogP contribution in [0.15, 0.2) is 0 Å². The monoisotopic (exact) mass is 100 g/mol. The average Bonchev–Trinajstić information content (AvgIpc) is 1.65. The van der Waals surface area contributed by atoms with Gasteiger partial charge in [-0.1, -0.05) is 0 Å². The van der Waals surface area contributed by atoms with Gasteiger partial charge in [-0.15, -0.1) is 0 Å². The summed E-state index contributed by atoms with van der Waals surface area (Å²) in [6.07, 6.45) is 0. The maximum absolute atomic E-state index is 2.21. The smallest absolute Gasteiger partial charge is 0.145 e. The van der Waals surface area contributed by atoms with Crippen LogP contribution in [0.1, 0.15) is 20.8 Å². The zero-order valence-electron chi connectivity index (χ0n) is 5.65. The van der Waals surface area contributed by atoms with Crippen molar-refractivity contribution in [1.82, 2.24) is 0 Å². The van der Waals surface area contributed by atoms with Gasteiger partial charge >= 0.3 is 0 Å². The Morgan fingerprint density at radius 1 is 1.43 bits per heavy atom. The topological polar surface area (TPSA) is 3.01 Å². The second-order valence-corrected chi connectivity index (χ2v) is 1.96. The van der Waals surface area contributed by atoms with Crippen molar-refractivity contribution >= 4 is 5.71 Å².